The summed E-state index contributed by atoms with van der Waals surface area (Å²) in [6.07, 6.45) is 35.6. The lowest BCUT2D eigenvalue weighted by atomic mass is 9.90. The van der Waals surface area contributed by atoms with Crippen molar-refractivity contribution in [3.63, 3.8) is 0 Å². The minimum atomic E-state index is -0.468. The number of phenolic OH excluding ortho intramolecular Hbond substituents is 4. The first-order chi connectivity index (χ1) is 30.3. The predicted molar refractivity (Wildman–Crippen MR) is 259 cm³/mol. The Kier molecular flexibility index (Phi) is 23.5. The lowest BCUT2D eigenvalue weighted by Crippen LogP contribution is -2.24. The average molecular weight is 853 g/mol. The maximum absolute atomic E-state index is 13.2. The highest BCUT2D eigenvalue weighted by atomic mass is 16.3. The second kappa shape index (κ2) is 29.0. The molecule has 0 saturated carbocycles. The summed E-state index contributed by atoms with van der Waals surface area (Å²) in [4.78, 5) is 26.3. The van der Waals surface area contributed by atoms with E-state index in [0.717, 1.165) is 25.7 Å². The SMILES string of the molecule is CCCCCCCCCCCCCCCCNC(=O)c1ccc2c(-c3c(O)c(O)cc4cc(C(=O)NCCCCCCCCCCCCCCCC)ccc34)c(O)c(O)cc2c1. The van der Waals surface area contributed by atoms with Crippen LogP contribution in [0.25, 0.3) is 32.7 Å². The second-order valence-electron chi connectivity index (χ2n) is 17.8. The molecule has 4 aromatic rings. The predicted octanol–water partition coefficient (Wildman–Crippen LogP) is 14.9. The Labute approximate surface area is 373 Å². The maximum atomic E-state index is 13.2. The van der Waals surface area contributed by atoms with E-state index in [0.29, 0.717) is 45.8 Å². The highest BCUT2D eigenvalue weighted by Gasteiger charge is 2.23. The van der Waals surface area contributed by atoms with Crippen molar-refractivity contribution in [2.45, 2.75) is 194 Å². The van der Waals surface area contributed by atoms with Crippen LogP contribution in [0, 0.1) is 0 Å². The number of amides is 2. The van der Waals surface area contributed by atoms with E-state index in [1.54, 1.807) is 36.4 Å². The van der Waals surface area contributed by atoms with E-state index >= 15 is 0 Å². The third-order valence-electron chi connectivity index (χ3n) is 12.6. The van der Waals surface area contributed by atoms with Crippen LogP contribution in [0.3, 0.4) is 0 Å². The summed E-state index contributed by atoms with van der Waals surface area (Å²) in [7, 11) is 0. The Morgan fingerprint density at radius 3 is 0.952 bits per heavy atom. The zero-order valence-corrected chi connectivity index (χ0v) is 38.4. The van der Waals surface area contributed by atoms with Crippen molar-refractivity contribution < 1.29 is 30.0 Å². The molecule has 0 radical (unpaired) electrons. The first-order valence-corrected chi connectivity index (χ1v) is 24.8. The number of unbranched alkanes of at least 4 members (excludes halogenated alkanes) is 26. The van der Waals surface area contributed by atoms with Crippen LogP contribution in [0.5, 0.6) is 23.0 Å². The van der Waals surface area contributed by atoms with E-state index in [1.807, 2.05) is 0 Å². The van der Waals surface area contributed by atoms with Crippen LogP contribution in [0.2, 0.25) is 0 Å². The van der Waals surface area contributed by atoms with Crippen molar-refractivity contribution in [2.24, 2.45) is 0 Å². The van der Waals surface area contributed by atoms with Gasteiger partial charge in [-0.2, -0.15) is 0 Å². The van der Waals surface area contributed by atoms with E-state index < -0.39 is 23.0 Å². The molecule has 62 heavy (non-hydrogen) atoms. The Bertz CT molecular complexity index is 1800. The van der Waals surface area contributed by atoms with Gasteiger partial charge in [-0.05, 0) is 70.8 Å². The largest absolute Gasteiger partial charge is 0.504 e. The third-order valence-corrected chi connectivity index (χ3v) is 12.6. The molecule has 8 nitrogen and oxygen atoms in total. The Balaban J connectivity index is 1.26. The molecule has 0 spiro atoms. The van der Waals surface area contributed by atoms with Crippen molar-refractivity contribution in [3.8, 4) is 34.1 Å². The van der Waals surface area contributed by atoms with E-state index in [2.05, 4.69) is 24.5 Å². The molecule has 4 aromatic carbocycles. The number of hydrogen-bond donors (Lipinski definition) is 6. The molecular weight excluding hydrogens is 773 g/mol. The minimum absolute atomic E-state index is 0.114. The molecule has 0 fully saturated rings. The molecule has 0 bridgehead atoms. The van der Waals surface area contributed by atoms with Gasteiger partial charge >= 0.3 is 0 Å². The summed E-state index contributed by atoms with van der Waals surface area (Å²) in [5.41, 5.74) is 1.05. The summed E-state index contributed by atoms with van der Waals surface area (Å²) in [6, 6.07) is 12.8. The van der Waals surface area contributed by atoms with Gasteiger partial charge in [0.15, 0.2) is 23.0 Å². The molecule has 4 rings (SSSR count). The van der Waals surface area contributed by atoms with Crippen molar-refractivity contribution in [1.82, 2.24) is 10.6 Å². The van der Waals surface area contributed by atoms with Gasteiger partial charge in [0.2, 0.25) is 0 Å². The number of hydrogen-bond acceptors (Lipinski definition) is 6. The number of carbonyl (C=O) groups is 2. The monoisotopic (exact) mass is 853 g/mol. The van der Waals surface area contributed by atoms with Gasteiger partial charge in [-0.1, -0.05) is 193 Å². The number of carbonyl (C=O) groups excluding carboxylic acids is 2. The molecular formula is C54H80N2O6. The van der Waals surface area contributed by atoms with Crippen LogP contribution >= 0.6 is 0 Å². The number of fused-ring (bicyclic) bond motifs is 2. The van der Waals surface area contributed by atoms with Gasteiger partial charge in [0, 0.05) is 35.3 Å². The van der Waals surface area contributed by atoms with Crippen molar-refractivity contribution in [1.29, 1.82) is 0 Å². The molecule has 0 saturated heterocycles. The molecule has 0 heterocycles. The van der Waals surface area contributed by atoms with Gasteiger partial charge in [0.25, 0.3) is 11.8 Å². The van der Waals surface area contributed by atoms with Crippen LogP contribution < -0.4 is 10.6 Å². The maximum Gasteiger partial charge on any atom is 0.251 e. The van der Waals surface area contributed by atoms with Gasteiger partial charge in [-0.15, -0.1) is 0 Å². The van der Waals surface area contributed by atoms with E-state index in [9.17, 15) is 30.0 Å². The third kappa shape index (κ3) is 16.7. The fraction of sp³-hybridized carbons (Fsp3) is 0.593. The lowest BCUT2D eigenvalue weighted by molar-refractivity contribution is 0.0945. The van der Waals surface area contributed by atoms with Crippen molar-refractivity contribution in [2.75, 3.05) is 13.1 Å². The molecule has 0 atom stereocenters. The van der Waals surface area contributed by atoms with E-state index in [1.165, 1.54) is 166 Å². The summed E-state index contributed by atoms with van der Waals surface area (Å²) in [5, 5.41) is 52.1. The van der Waals surface area contributed by atoms with E-state index in [4.69, 9.17) is 0 Å². The summed E-state index contributed by atoms with van der Waals surface area (Å²) < 4.78 is 0. The van der Waals surface area contributed by atoms with Crippen molar-refractivity contribution >= 4 is 33.4 Å². The number of phenols is 4. The van der Waals surface area contributed by atoms with Gasteiger partial charge in [0.05, 0.1) is 0 Å². The van der Waals surface area contributed by atoms with Crippen LogP contribution in [-0.2, 0) is 0 Å². The molecule has 2 amide bonds. The number of aromatic hydroxyl groups is 4. The fourth-order valence-electron chi connectivity index (χ4n) is 8.80. The number of nitrogens with one attached hydrogen (secondary N) is 2. The molecule has 6 N–H and O–H groups in total. The standard InChI is InChI=1S/C54H80N2O6/c1-3-5-7-9-11-13-15-17-19-21-23-25-27-29-35-55-53(61)41-31-33-45-43(37-41)39-47(57)51(59)49(45)50-46-34-32-42(38-44(46)40-48(58)52(50)60)54(62)56-36-30-28-26-24-22-20-18-16-14-12-10-8-6-4-2/h31-34,37-40,57-60H,3-30,35-36H2,1-2H3,(H,55,61)(H,56,62). The molecule has 8 heteroatoms. The normalized spacial score (nSPS) is 11.5. The molecule has 0 aromatic heterocycles. The van der Waals surface area contributed by atoms with Crippen molar-refractivity contribution in [3.05, 3.63) is 59.7 Å². The van der Waals surface area contributed by atoms with Crippen LogP contribution in [0.1, 0.15) is 214 Å². The summed E-state index contributed by atoms with van der Waals surface area (Å²) >= 11 is 0. The molecule has 0 aliphatic heterocycles. The van der Waals surface area contributed by atoms with Crippen LogP contribution in [0.15, 0.2) is 48.5 Å². The van der Waals surface area contributed by atoms with Gasteiger partial charge in [0.1, 0.15) is 0 Å². The fourth-order valence-corrected chi connectivity index (χ4v) is 8.80. The Morgan fingerprint density at radius 1 is 0.387 bits per heavy atom. The smallest absolute Gasteiger partial charge is 0.251 e. The topological polar surface area (TPSA) is 139 Å². The first kappa shape index (κ1) is 50.2. The second-order valence-corrected chi connectivity index (χ2v) is 17.8. The highest BCUT2D eigenvalue weighted by Crippen LogP contribution is 2.51. The number of rotatable bonds is 33. The first-order valence-electron chi connectivity index (χ1n) is 24.8. The van der Waals surface area contributed by atoms with E-state index in [-0.39, 0.29) is 22.9 Å². The van der Waals surface area contributed by atoms with Gasteiger partial charge < -0.3 is 31.1 Å². The Morgan fingerprint density at radius 2 is 0.661 bits per heavy atom. The quantitative estimate of drug-likeness (QED) is 0.0208. The number of benzene rings is 4. The average Bonchev–Trinajstić information content (AvgIpc) is 3.27. The zero-order chi connectivity index (χ0) is 44.4. The summed E-state index contributed by atoms with van der Waals surface area (Å²) in [6.45, 7) is 5.67. The summed E-state index contributed by atoms with van der Waals surface area (Å²) in [5.74, 6) is -2.24. The highest BCUT2D eigenvalue weighted by molar-refractivity contribution is 6.13. The zero-order valence-electron chi connectivity index (χ0n) is 38.4. The molecule has 0 aliphatic rings. The molecule has 0 unspecified atom stereocenters. The molecule has 342 valence electrons. The minimum Gasteiger partial charge on any atom is -0.504 e. The van der Waals surface area contributed by atoms with Gasteiger partial charge in [-0.25, -0.2) is 0 Å². The van der Waals surface area contributed by atoms with Crippen LogP contribution in [-0.4, -0.2) is 45.3 Å². The lowest BCUT2D eigenvalue weighted by Gasteiger charge is -2.17. The van der Waals surface area contributed by atoms with Gasteiger partial charge in [-0.3, -0.25) is 9.59 Å². The Hall–Kier alpha value is -4.46. The van der Waals surface area contributed by atoms with Crippen LogP contribution in [0.4, 0.5) is 0 Å². The molecule has 0 aliphatic carbocycles.